The molecule has 2 amide bonds. The van der Waals surface area contributed by atoms with Crippen molar-refractivity contribution in [2.24, 2.45) is 0 Å². The molecule has 0 spiro atoms. The van der Waals surface area contributed by atoms with E-state index in [0.29, 0.717) is 22.8 Å². The molecule has 3 aromatic rings. The van der Waals surface area contributed by atoms with Crippen molar-refractivity contribution in [3.8, 4) is 0 Å². The van der Waals surface area contributed by atoms with Gasteiger partial charge in [-0.3, -0.25) is 4.98 Å². The topological polar surface area (TPSA) is 115 Å². The number of nitrogens with one attached hydrogen (secondary N) is 3. The highest BCUT2D eigenvalue weighted by Crippen LogP contribution is 2.18. The molecule has 5 N–H and O–H groups in total. The summed E-state index contributed by atoms with van der Waals surface area (Å²) in [5.41, 5.74) is 2.25. The van der Waals surface area contributed by atoms with Crippen molar-refractivity contribution in [3.63, 3.8) is 0 Å². The lowest BCUT2D eigenvalue weighted by molar-refractivity contribution is 0.251. The summed E-state index contributed by atoms with van der Waals surface area (Å²) in [7, 11) is -1.36. The number of amides is 2. The van der Waals surface area contributed by atoms with E-state index in [1.54, 1.807) is 48.8 Å². The molecule has 9 heteroatoms. The number of hydrogen-bond acceptors (Lipinski definition) is 3. The molecular formula is C19H19BrN4O3S. The van der Waals surface area contributed by atoms with E-state index >= 15 is 0 Å². The van der Waals surface area contributed by atoms with Gasteiger partial charge in [0.15, 0.2) is 0 Å². The third-order valence-electron chi connectivity index (χ3n) is 3.56. The molecule has 0 fully saturated rings. The Morgan fingerprint density at radius 1 is 1.00 bits per heavy atom. The molecule has 1 heterocycles. The maximum absolute atomic E-state index is 12.3. The van der Waals surface area contributed by atoms with Gasteiger partial charge in [0, 0.05) is 34.8 Å². The number of anilines is 2. The number of rotatable bonds is 6. The van der Waals surface area contributed by atoms with Gasteiger partial charge >= 0.3 is 6.03 Å². The summed E-state index contributed by atoms with van der Waals surface area (Å²) in [6, 6.07) is 17.6. The van der Waals surface area contributed by atoms with Crippen molar-refractivity contribution in [1.82, 2.24) is 10.3 Å². The van der Waals surface area contributed by atoms with Gasteiger partial charge in [-0.15, -0.1) is 0 Å². The smallest absolute Gasteiger partial charge is 0.319 e. The number of nitrogens with zero attached hydrogens (tertiary/aromatic N) is 1. The summed E-state index contributed by atoms with van der Waals surface area (Å²) < 4.78 is 16.2. The van der Waals surface area contributed by atoms with Crippen molar-refractivity contribution >= 4 is 44.3 Å². The van der Waals surface area contributed by atoms with Crippen LogP contribution in [-0.2, 0) is 17.5 Å². The molecule has 0 bridgehead atoms. The van der Waals surface area contributed by atoms with Crippen molar-refractivity contribution in [2.75, 3.05) is 10.0 Å². The maximum atomic E-state index is 12.3. The lowest BCUT2D eigenvalue weighted by Crippen LogP contribution is -2.28. The van der Waals surface area contributed by atoms with Gasteiger partial charge in [0.25, 0.3) is 0 Å². The van der Waals surface area contributed by atoms with Crippen LogP contribution in [0, 0.1) is 0 Å². The second-order valence-electron chi connectivity index (χ2n) is 5.57. The van der Waals surface area contributed by atoms with E-state index in [0.717, 1.165) is 10.0 Å². The zero-order valence-corrected chi connectivity index (χ0v) is 17.1. The maximum Gasteiger partial charge on any atom is 0.319 e. The lowest BCUT2D eigenvalue weighted by atomic mass is 10.3. The molecule has 2 aromatic carbocycles. The van der Waals surface area contributed by atoms with Crippen LogP contribution in [0.3, 0.4) is 0 Å². The second kappa shape index (κ2) is 10.5. The highest BCUT2D eigenvalue weighted by molar-refractivity contribution is 9.10. The number of hydrogen-bond donors (Lipinski definition) is 3. The van der Waals surface area contributed by atoms with E-state index in [-0.39, 0.29) is 11.5 Å². The van der Waals surface area contributed by atoms with Crippen molar-refractivity contribution in [1.29, 1.82) is 0 Å². The Labute approximate surface area is 173 Å². The highest BCUT2D eigenvalue weighted by atomic mass is 79.9. The molecule has 7 nitrogen and oxygen atoms in total. The van der Waals surface area contributed by atoms with E-state index in [4.69, 9.17) is 0 Å². The van der Waals surface area contributed by atoms with Crippen LogP contribution in [-0.4, -0.2) is 20.7 Å². The standard InChI is InChI=1S/C19H17BrN4O2S.H2O/c20-15-3-9-18(10-4-15)27(26)24-17-7-5-16(6-8-17)23-19(25)22-13-14-2-1-11-21-12-14;/h1-12,24H,13H2,(H2,22,23,25);1H2. The molecule has 1 aromatic heterocycles. The molecule has 1 atom stereocenters. The van der Waals surface area contributed by atoms with Crippen LogP contribution in [0.2, 0.25) is 0 Å². The van der Waals surface area contributed by atoms with Gasteiger partial charge in [-0.1, -0.05) is 22.0 Å². The molecule has 146 valence electrons. The van der Waals surface area contributed by atoms with E-state index in [1.807, 2.05) is 24.3 Å². The molecule has 0 saturated heterocycles. The average Bonchev–Trinajstić information content (AvgIpc) is 2.69. The zero-order chi connectivity index (χ0) is 19.1. The van der Waals surface area contributed by atoms with Gasteiger partial charge in [0.2, 0.25) is 0 Å². The van der Waals surface area contributed by atoms with E-state index in [1.165, 1.54) is 0 Å². The van der Waals surface area contributed by atoms with Gasteiger partial charge in [-0.2, -0.15) is 0 Å². The second-order valence-corrected chi connectivity index (χ2v) is 7.70. The average molecular weight is 463 g/mol. The molecule has 0 aliphatic rings. The molecule has 3 rings (SSSR count). The van der Waals surface area contributed by atoms with E-state index in [2.05, 4.69) is 36.3 Å². The molecule has 0 aliphatic heterocycles. The minimum atomic E-state index is -1.36. The highest BCUT2D eigenvalue weighted by Gasteiger charge is 2.05. The predicted molar refractivity (Wildman–Crippen MR) is 114 cm³/mol. The molecule has 28 heavy (non-hydrogen) atoms. The number of urea groups is 1. The summed E-state index contributed by atoms with van der Waals surface area (Å²) in [4.78, 5) is 16.6. The Hall–Kier alpha value is -2.75. The van der Waals surface area contributed by atoms with Gasteiger partial charge < -0.3 is 20.8 Å². The summed E-state index contributed by atoms with van der Waals surface area (Å²) in [5, 5.41) is 5.51. The Kier molecular flexibility index (Phi) is 8.12. The predicted octanol–water partition coefficient (Wildman–Crippen LogP) is 3.48. The summed E-state index contributed by atoms with van der Waals surface area (Å²) >= 11 is 3.35. The number of benzene rings is 2. The first kappa shape index (κ1) is 21.5. The van der Waals surface area contributed by atoms with Crippen molar-refractivity contribution in [3.05, 3.63) is 83.1 Å². The lowest BCUT2D eigenvalue weighted by Gasteiger charge is -2.09. The number of halogens is 1. The van der Waals surface area contributed by atoms with Crippen molar-refractivity contribution < 1.29 is 14.5 Å². The van der Waals surface area contributed by atoms with Crippen LogP contribution in [0.5, 0.6) is 0 Å². The van der Waals surface area contributed by atoms with Crippen LogP contribution >= 0.6 is 15.9 Å². The first-order chi connectivity index (χ1) is 13.1. The quantitative estimate of drug-likeness (QED) is 0.520. The zero-order valence-electron chi connectivity index (χ0n) is 14.7. The van der Waals surface area contributed by atoms with Gasteiger partial charge in [-0.05, 0) is 60.2 Å². The summed E-state index contributed by atoms with van der Waals surface area (Å²) in [6.45, 7) is 0.394. The minimum Gasteiger partial charge on any atom is -0.412 e. The Bertz CT molecular complexity index is 922. The first-order valence-electron chi connectivity index (χ1n) is 8.08. The number of pyridine rings is 1. The van der Waals surface area contributed by atoms with Crippen LogP contribution in [0.25, 0.3) is 0 Å². The van der Waals surface area contributed by atoms with Crippen LogP contribution in [0.1, 0.15) is 5.56 Å². The number of carbonyl (C=O) groups excluding carboxylic acids is 1. The SMILES string of the molecule is O.O=C(NCc1cccnc1)Nc1ccc(NS(=O)c2ccc(Br)cc2)cc1. The van der Waals surface area contributed by atoms with Gasteiger partial charge in [0.05, 0.1) is 4.90 Å². The number of carbonyl (C=O) groups is 1. The van der Waals surface area contributed by atoms with Crippen molar-refractivity contribution in [2.45, 2.75) is 11.4 Å². The fourth-order valence-corrected chi connectivity index (χ4v) is 3.32. The molecular weight excluding hydrogens is 444 g/mol. The fraction of sp³-hybridized carbons (Fsp3) is 0.0526. The Morgan fingerprint density at radius 2 is 1.68 bits per heavy atom. The largest absolute Gasteiger partial charge is 0.412 e. The monoisotopic (exact) mass is 462 g/mol. The Morgan fingerprint density at radius 3 is 2.32 bits per heavy atom. The van der Waals surface area contributed by atoms with Crippen LogP contribution in [0.15, 0.2) is 82.4 Å². The fourth-order valence-electron chi connectivity index (χ4n) is 2.21. The first-order valence-corrected chi connectivity index (χ1v) is 10.0. The minimum absolute atomic E-state index is 0. The van der Waals surface area contributed by atoms with Crippen LogP contribution < -0.4 is 15.4 Å². The van der Waals surface area contributed by atoms with E-state index in [9.17, 15) is 9.00 Å². The summed E-state index contributed by atoms with van der Waals surface area (Å²) in [6.07, 6.45) is 3.38. The molecule has 1 unspecified atom stereocenters. The van der Waals surface area contributed by atoms with E-state index < -0.39 is 11.0 Å². The van der Waals surface area contributed by atoms with Crippen LogP contribution in [0.4, 0.5) is 16.2 Å². The normalized spacial score (nSPS) is 11.0. The molecule has 0 saturated carbocycles. The third-order valence-corrected chi connectivity index (χ3v) is 5.21. The number of aromatic nitrogens is 1. The van der Waals surface area contributed by atoms with Gasteiger partial charge in [0.1, 0.15) is 11.0 Å². The Balaban J connectivity index is 0.00000280. The molecule has 0 radical (unpaired) electrons. The third kappa shape index (κ3) is 6.45. The molecule has 0 aliphatic carbocycles. The van der Waals surface area contributed by atoms with Gasteiger partial charge in [-0.25, -0.2) is 9.00 Å². The summed E-state index contributed by atoms with van der Waals surface area (Å²) in [5.74, 6) is 0.